The SMILES string of the molecule is Cc1cc(/C=C/c2cnc3ccc(N4CCOCC4)cc3n2)c(C)n1-c1ccccc1. The molecular formula is C26H26N4O. The summed E-state index contributed by atoms with van der Waals surface area (Å²) in [6.07, 6.45) is 6.01. The molecule has 2 aromatic carbocycles. The van der Waals surface area contributed by atoms with E-state index in [0.29, 0.717) is 0 Å². The lowest BCUT2D eigenvalue weighted by molar-refractivity contribution is 0.122. The normalized spacial score (nSPS) is 14.6. The molecule has 1 fully saturated rings. The Kier molecular flexibility index (Phi) is 5.26. The molecule has 0 aliphatic carbocycles. The van der Waals surface area contributed by atoms with Gasteiger partial charge in [0.15, 0.2) is 0 Å². The highest BCUT2D eigenvalue weighted by Crippen LogP contribution is 2.24. The van der Waals surface area contributed by atoms with E-state index >= 15 is 0 Å². The first kappa shape index (κ1) is 19.5. The molecule has 0 radical (unpaired) electrons. The van der Waals surface area contributed by atoms with E-state index in [2.05, 4.69) is 76.8 Å². The third-order valence-corrected chi connectivity index (χ3v) is 5.84. The molecule has 1 aliphatic rings. The summed E-state index contributed by atoms with van der Waals surface area (Å²) < 4.78 is 7.75. The summed E-state index contributed by atoms with van der Waals surface area (Å²) in [5.41, 5.74) is 8.65. The molecule has 5 nitrogen and oxygen atoms in total. The second kappa shape index (κ2) is 8.36. The molecule has 0 atom stereocenters. The van der Waals surface area contributed by atoms with Gasteiger partial charge in [0.1, 0.15) is 0 Å². The van der Waals surface area contributed by atoms with Crippen molar-refractivity contribution in [1.29, 1.82) is 0 Å². The fraction of sp³-hybridized carbons (Fsp3) is 0.231. The van der Waals surface area contributed by atoms with Gasteiger partial charge in [0.25, 0.3) is 0 Å². The summed E-state index contributed by atoms with van der Waals surface area (Å²) in [5.74, 6) is 0. The molecule has 1 saturated heterocycles. The number of para-hydroxylation sites is 1. The van der Waals surface area contributed by atoms with Crippen LogP contribution in [0.2, 0.25) is 0 Å². The number of nitrogens with zero attached hydrogens (tertiary/aromatic N) is 4. The quantitative estimate of drug-likeness (QED) is 0.473. The Morgan fingerprint density at radius 1 is 0.871 bits per heavy atom. The second-order valence-electron chi connectivity index (χ2n) is 7.90. The van der Waals surface area contributed by atoms with Crippen molar-refractivity contribution in [2.24, 2.45) is 0 Å². The van der Waals surface area contributed by atoms with Crippen LogP contribution in [0.15, 0.2) is 60.8 Å². The predicted octanol–water partition coefficient (Wildman–Crippen LogP) is 5.04. The van der Waals surface area contributed by atoms with E-state index in [1.54, 1.807) is 0 Å². The monoisotopic (exact) mass is 410 g/mol. The van der Waals surface area contributed by atoms with E-state index in [-0.39, 0.29) is 0 Å². The minimum Gasteiger partial charge on any atom is -0.378 e. The number of aromatic nitrogens is 3. The number of hydrogen-bond donors (Lipinski definition) is 0. The van der Waals surface area contributed by atoms with Gasteiger partial charge in [-0.3, -0.25) is 4.98 Å². The Hall–Kier alpha value is -3.44. The minimum absolute atomic E-state index is 0.772. The highest BCUT2D eigenvalue weighted by atomic mass is 16.5. The van der Waals surface area contributed by atoms with Crippen molar-refractivity contribution in [3.63, 3.8) is 0 Å². The first-order chi connectivity index (χ1) is 15.2. The van der Waals surface area contributed by atoms with Crippen molar-refractivity contribution < 1.29 is 4.74 Å². The average molecular weight is 411 g/mol. The van der Waals surface area contributed by atoms with Gasteiger partial charge in [0.2, 0.25) is 0 Å². The Morgan fingerprint density at radius 2 is 1.68 bits per heavy atom. The predicted molar refractivity (Wildman–Crippen MR) is 127 cm³/mol. The van der Waals surface area contributed by atoms with E-state index in [0.717, 1.165) is 43.0 Å². The van der Waals surface area contributed by atoms with Crippen molar-refractivity contribution >= 4 is 28.9 Å². The smallest absolute Gasteiger partial charge is 0.0914 e. The lowest BCUT2D eigenvalue weighted by atomic mass is 10.2. The lowest BCUT2D eigenvalue weighted by Gasteiger charge is -2.28. The molecule has 4 aromatic rings. The minimum atomic E-state index is 0.772. The molecule has 0 N–H and O–H groups in total. The van der Waals surface area contributed by atoms with Crippen molar-refractivity contribution in [2.75, 3.05) is 31.2 Å². The van der Waals surface area contributed by atoms with E-state index in [1.807, 2.05) is 24.4 Å². The number of ether oxygens (including phenoxy) is 1. The first-order valence-electron chi connectivity index (χ1n) is 10.7. The van der Waals surface area contributed by atoms with Gasteiger partial charge in [-0.15, -0.1) is 0 Å². The van der Waals surface area contributed by atoms with Gasteiger partial charge in [0, 0.05) is 35.9 Å². The van der Waals surface area contributed by atoms with E-state index < -0.39 is 0 Å². The zero-order valence-corrected chi connectivity index (χ0v) is 18.0. The number of anilines is 1. The van der Waals surface area contributed by atoms with E-state index in [1.165, 1.54) is 28.3 Å². The Balaban J connectivity index is 1.44. The summed E-state index contributed by atoms with van der Waals surface area (Å²) in [4.78, 5) is 11.8. The molecule has 0 spiro atoms. The Labute approximate surface area is 182 Å². The largest absolute Gasteiger partial charge is 0.378 e. The number of aryl methyl sites for hydroxylation is 1. The number of morpholine rings is 1. The summed E-state index contributed by atoms with van der Waals surface area (Å²) in [6, 6.07) is 19.0. The number of benzene rings is 2. The molecule has 0 bridgehead atoms. The zero-order chi connectivity index (χ0) is 21.2. The molecule has 5 rings (SSSR count). The van der Waals surface area contributed by atoms with Gasteiger partial charge >= 0.3 is 0 Å². The highest BCUT2D eigenvalue weighted by molar-refractivity contribution is 5.80. The van der Waals surface area contributed by atoms with Crippen LogP contribution in [0.1, 0.15) is 22.6 Å². The molecule has 3 heterocycles. The van der Waals surface area contributed by atoms with Crippen molar-refractivity contribution in [3.05, 3.63) is 83.4 Å². The fourth-order valence-corrected chi connectivity index (χ4v) is 4.22. The van der Waals surface area contributed by atoms with Crippen LogP contribution in [0.3, 0.4) is 0 Å². The summed E-state index contributed by atoms with van der Waals surface area (Å²) in [6.45, 7) is 7.66. The standard InChI is InChI=1S/C26H26N4O/c1-19-16-21(20(2)30(19)23-6-4-3-5-7-23)8-9-22-18-27-25-11-10-24(17-26(25)28-22)29-12-14-31-15-13-29/h3-11,16-18H,12-15H2,1-2H3/b9-8+. The number of fused-ring (bicyclic) bond motifs is 1. The van der Waals surface area contributed by atoms with Gasteiger partial charge < -0.3 is 14.2 Å². The third-order valence-electron chi connectivity index (χ3n) is 5.84. The van der Waals surface area contributed by atoms with Crippen molar-refractivity contribution in [1.82, 2.24) is 14.5 Å². The van der Waals surface area contributed by atoms with Crippen LogP contribution in [-0.4, -0.2) is 40.8 Å². The molecule has 0 unspecified atom stereocenters. The molecule has 0 amide bonds. The van der Waals surface area contributed by atoms with E-state index in [4.69, 9.17) is 9.72 Å². The summed E-state index contributed by atoms with van der Waals surface area (Å²) in [7, 11) is 0. The summed E-state index contributed by atoms with van der Waals surface area (Å²) >= 11 is 0. The third kappa shape index (κ3) is 3.97. The maximum absolute atomic E-state index is 5.47. The first-order valence-corrected chi connectivity index (χ1v) is 10.7. The summed E-state index contributed by atoms with van der Waals surface area (Å²) in [5, 5.41) is 0. The Bertz CT molecular complexity index is 1240. The molecule has 1 aliphatic heterocycles. The molecule has 5 heteroatoms. The molecule has 31 heavy (non-hydrogen) atoms. The molecule has 0 saturated carbocycles. The average Bonchev–Trinajstić information content (AvgIpc) is 3.11. The van der Waals surface area contributed by atoms with Gasteiger partial charge in [-0.25, -0.2) is 4.98 Å². The molecule has 156 valence electrons. The number of hydrogen-bond acceptors (Lipinski definition) is 4. The van der Waals surface area contributed by atoms with Crippen LogP contribution in [0.5, 0.6) is 0 Å². The maximum atomic E-state index is 5.47. The zero-order valence-electron chi connectivity index (χ0n) is 18.0. The Morgan fingerprint density at radius 3 is 2.48 bits per heavy atom. The van der Waals surface area contributed by atoms with E-state index in [9.17, 15) is 0 Å². The van der Waals surface area contributed by atoms with Gasteiger partial charge in [-0.05, 0) is 61.9 Å². The van der Waals surface area contributed by atoms with Crippen molar-refractivity contribution in [3.8, 4) is 5.69 Å². The topological polar surface area (TPSA) is 43.2 Å². The van der Waals surface area contributed by atoms with Crippen LogP contribution >= 0.6 is 0 Å². The van der Waals surface area contributed by atoms with Crippen LogP contribution in [-0.2, 0) is 4.74 Å². The van der Waals surface area contributed by atoms with Crippen LogP contribution in [0.25, 0.3) is 28.9 Å². The lowest BCUT2D eigenvalue weighted by Crippen LogP contribution is -2.36. The van der Waals surface area contributed by atoms with Crippen molar-refractivity contribution in [2.45, 2.75) is 13.8 Å². The molecular weight excluding hydrogens is 384 g/mol. The molecule has 2 aromatic heterocycles. The van der Waals surface area contributed by atoms with Gasteiger partial charge in [-0.1, -0.05) is 24.3 Å². The van der Waals surface area contributed by atoms with Gasteiger partial charge in [-0.2, -0.15) is 0 Å². The van der Waals surface area contributed by atoms with Crippen LogP contribution in [0.4, 0.5) is 5.69 Å². The van der Waals surface area contributed by atoms with Crippen LogP contribution < -0.4 is 4.90 Å². The number of rotatable bonds is 4. The van der Waals surface area contributed by atoms with Gasteiger partial charge in [0.05, 0.1) is 36.1 Å². The second-order valence-corrected chi connectivity index (χ2v) is 7.90. The fourth-order valence-electron chi connectivity index (χ4n) is 4.22. The highest BCUT2D eigenvalue weighted by Gasteiger charge is 2.12. The maximum Gasteiger partial charge on any atom is 0.0914 e. The van der Waals surface area contributed by atoms with Crippen LogP contribution in [0, 0.1) is 13.8 Å².